The van der Waals surface area contributed by atoms with Crippen LogP contribution in [-0.2, 0) is 14.3 Å². The zero-order valence-electron chi connectivity index (χ0n) is 20.9. The van der Waals surface area contributed by atoms with Gasteiger partial charge in [0, 0.05) is 12.7 Å². The van der Waals surface area contributed by atoms with Crippen LogP contribution in [0.1, 0.15) is 77.0 Å². The predicted octanol–water partition coefficient (Wildman–Crippen LogP) is 6.00. The number of carbonyl (C=O) groups is 2. The van der Waals surface area contributed by atoms with Gasteiger partial charge >= 0.3 is 5.97 Å². The average molecular weight is 462 g/mol. The molecule has 4 atom stereocenters. The van der Waals surface area contributed by atoms with Crippen molar-refractivity contribution in [3.63, 3.8) is 0 Å². The molecule has 8 saturated carbocycles. The number of nitrogens with zero attached hydrogens (tertiary/aromatic N) is 1. The number of methoxy groups -OCH3 is 1. The molecule has 1 amide bonds. The van der Waals surface area contributed by atoms with Crippen LogP contribution in [0, 0.1) is 45.3 Å². The molecule has 0 N–H and O–H groups in total. The maximum absolute atomic E-state index is 14.2. The fraction of sp³-hybridized carbons (Fsp3) is 0.733. The Balaban J connectivity index is 1.27. The van der Waals surface area contributed by atoms with Gasteiger partial charge in [0.25, 0.3) is 0 Å². The molecule has 8 fully saturated rings. The summed E-state index contributed by atoms with van der Waals surface area (Å²) in [6.07, 6.45) is 14.1. The SMILES string of the molecule is COC(=O)C12CC3CC(C1)CC(C14CC5CC(CC(C(=O)N(C)c6ccccc6)(C5)C1)C4)(C3)C2. The van der Waals surface area contributed by atoms with E-state index >= 15 is 0 Å². The smallest absolute Gasteiger partial charge is 0.311 e. The molecule has 8 bridgehead atoms. The van der Waals surface area contributed by atoms with Gasteiger partial charge in [-0.05, 0) is 124 Å². The molecule has 4 nitrogen and oxygen atoms in total. The summed E-state index contributed by atoms with van der Waals surface area (Å²) in [5.74, 6) is 3.11. The van der Waals surface area contributed by atoms with Crippen LogP contribution in [0.5, 0.6) is 0 Å². The molecule has 8 aliphatic rings. The van der Waals surface area contributed by atoms with Gasteiger partial charge in [0.2, 0.25) is 5.91 Å². The van der Waals surface area contributed by atoms with Gasteiger partial charge in [-0.15, -0.1) is 0 Å². The lowest BCUT2D eigenvalue weighted by Crippen LogP contribution is -2.67. The van der Waals surface area contributed by atoms with Gasteiger partial charge in [-0.3, -0.25) is 9.59 Å². The number of amides is 1. The largest absolute Gasteiger partial charge is 0.469 e. The Kier molecular flexibility index (Phi) is 4.34. The fourth-order valence-corrected chi connectivity index (χ4v) is 11.6. The van der Waals surface area contributed by atoms with Crippen LogP contribution < -0.4 is 4.90 Å². The number of benzene rings is 1. The number of para-hydroxylation sites is 1. The first-order valence-electron chi connectivity index (χ1n) is 13.7. The Morgan fingerprint density at radius 3 is 1.74 bits per heavy atom. The van der Waals surface area contributed by atoms with E-state index in [2.05, 4.69) is 12.1 Å². The van der Waals surface area contributed by atoms with Crippen molar-refractivity contribution in [2.24, 2.45) is 45.3 Å². The van der Waals surface area contributed by atoms with E-state index in [1.165, 1.54) is 38.5 Å². The molecule has 4 unspecified atom stereocenters. The third-order valence-electron chi connectivity index (χ3n) is 11.8. The summed E-state index contributed by atoms with van der Waals surface area (Å²) in [6.45, 7) is 0. The second-order valence-electron chi connectivity index (χ2n) is 13.7. The first-order valence-corrected chi connectivity index (χ1v) is 13.7. The van der Waals surface area contributed by atoms with Crippen molar-refractivity contribution in [3.8, 4) is 0 Å². The lowest BCUT2D eigenvalue weighted by molar-refractivity contribution is -0.239. The molecule has 0 heterocycles. The van der Waals surface area contributed by atoms with E-state index in [0.29, 0.717) is 29.6 Å². The second kappa shape index (κ2) is 6.89. The van der Waals surface area contributed by atoms with Crippen molar-refractivity contribution in [1.82, 2.24) is 0 Å². The van der Waals surface area contributed by atoms with Crippen molar-refractivity contribution in [3.05, 3.63) is 30.3 Å². The summed E-state index contributed by atoms with van der Waals surface area (Å²) in [7, 11) is 3.57. The Morgan fingerprint density at radius 1 is 0.765 bits per heavy atom. The van der Waals surface area contributed by atoms with E-state index in [9.17, 15) is 9.59 Å². The van der Waals surface area contributed by atoms with Gasteiger partial charge in [-0.25, -0.2) is 0 Å². The maximum atomic E-state index is 14.2. The highest BCUT2D eigenvalue weighted by atomic mass is 16.5. The van der Waals surface area contributed by atoms with Gasteiger partial charge in [0.15, 0.2) is 0 Å². The maximum Gasteiger partial charge on any atom is 0.311 e. The first kappa shape index (κ1) is 21.4. The van der Waals surface area contributed by atoms with Crippen LogP contribution in [0.4, 0.5) is 5.69 Å². The molecule has 182 valence electrons. The lowest BCUT2D eigenvalue weighted by Gasteiger charge is -2.73. The Bertz CT molecular complexity index is 1000. The normalized spacial score (nSPS) is 47.6. The van der Waals surface area contributed by atoms with Gasteiger partial charge in [-0.1, -0.05) is 18.2 Å². The molecule has 9 rings (SSSR count). The summed E-state index contributed by atoms with van der Waals surface area (Å²) in [5, 5.41) is 0. The molecule has 0 radical (unpaired) electrons. The van der Waals surface area contributed by atoms with Crippen molar-refractivity contribution < 1.29 is 14.3 Å². The van der Waals surface area contributed by atoms with Gasteiger partial charge in [0.05, 0.1) is 17.9 Å². The third-order valence-corrected chi connectivity index (χ3v) is 11.8. The van der Waals surface area contributed by atoms with Gasteiger partial charge in [-0.2, -0.15) is 0 Å². The average Bonchev–Trinajstić information content (AvgIpc) is 2.81. The zero-order chi connectivity index (χ0) is 23.3. The van der Waals surface area contributed by atoms with E-state index in [1.807, 2.05) is 30.1 Å². The van der Waals surface area contributed by atoms with Crippen molar-refractivity contribution in [2.75, 3.05) is 19.1 Å². The fourth-order valence-electron chi connectivity index (χ4n) is 11.6. The quantitative estimate of drug-likeness (QED) is 0.517. The number of esters is 1. The molecule has 8 aliphatic carbocycles. The molecule has 0 aromatic heterocycles. The Hall–Kier alpha value is -1.84. The number of anilines is 1. The first-order chi connectivity index (χ1) is 16.3. The standard InChI is InChI=1S/C30H39NO3/c1-31(24-6-4-3-5-7-24)25(32)27-10-20-8-21(11-27)15-29(14-20,18-27)30-16-22-9-23(17-30)13-28(12-22,19-30)26(33)34-2/h3-7,20-23H,8-19H2,1-2H3. The van der Waals surface area contributed by atoms with Crippen LogP contribution in [0.3, 0.4) is 0 Å². The second-order valence-corrected chi connectivity index (χ2v) is 13.7. The van der Waals surface area contributed by atoms with E-state index in [1.54, 1.807) is 7.11 Å². The van der Waals surface area contributed by atoms with E-state index < -0.39 is 0 Å². The molecule has 1 aromatic carbocycles. The summed E-state index contributed by atoms with van der Waals surface area (Å²) < 4.78 is 5.44. The number of hydrogen-bond acceptors (Lipinski definition) is 3. The van der Waals surface area contributed by atoms with Crippen LogP contribution in [0.15, 0.2) is 30.3 Å². The molecular formula is C30H39NO3. The predicted molar refractivity (Wildman–Crippen MR) is 131 cm³/mol. The highest BCUT2D eigenvalue weighted by molar-refractivity contribution is 5.97. The zero-order valence-corrected chi connectivity index (χ0v) is 20.9. The number of ether oxygens (including phenoxy) is 1. The van der Waals surface area contributed by atoms with E-state index in [-0.39, 0.29) is 27.6 Å². The Labute approximate surface area is 203 Å². The number of hydrogen-bond donors (Lipinski definition) is 0. The monoisotopic (exact) mass is 461 g/mol. The van der Waals surface area contributed by atoms with Crippen LogP contribution in [0.2, 0.25) is 0 Å². The minimum absolute atomic E-state index is 0.0605. The van der Waals surface area contributed by atoms with Crippen LogP contribution in [-0.4, -0.2) is 26.0 Å². The molecular weight excluding hydrogens is 422 g/mol. The van der Waals surface area contributed by atoms with Crippen molar-refractivity contribution in [2.45, 2.75) is 77.0 Å². The van der Waals surface area contributed by atoms with Crippen LogP contribution in [0.25, 0.3) is 0 Å². The minimum atomic E-state index is -0.250. The highest BCUT2D eigenvalue weighted by Gasteiger charge is 2.72. The molecule has 0 saturated heterocycles. The van der Waals surface area contributed by atoms with E-state index in [0.717, 1.165) is 44.2 Å². The topological polar surface area (TPSA) is 46.6 Å². The van der Waals surface area contributed by atoms with E-state index in [4.69, 9.17) is 4.74 Å². The van der Waals surface area contributed by atoms with Crippen LogP contribution >= 0.6 is 0 Å². The number of rotatable bonds is 4. The molecule has 0 spiro atoms. The lowest BCUT2D eigenvalue weighted by atomic mass is 9.31. The summed E-state index contributed by atoms with van der Waals surface area (Å²) in [5.41, 5.74) is 1.02. The van der Waals surface area contributed by atoms with Gasteiger partial charge in [0.1, 0.15) is 0 Å². The summed E-state index contributed by atoms with van der Waals surface area (Å²) >= 11 is 0. The highest BCUT2D eigenvalue weighted by Crippen LogP contribution is 2.78. The van der Waals surface area contributed by atoms with Gasteiger partial charge < -0.3 is 9.64 Å². The summed E-state index contributed by atoms with van der Waals surface area (Å²) in [6, 6.07) is 10.2. The summed E-state index contributed by atoms with van der Waals surface area (Å²) in [4.78, 5) is 29.4. The number of carbonyl (C=O) groups excluding carboxylic acids is 2. The van der Waals surface area contributed by atoms with Crippen molar-refractivity contribution >= 4 is 17.6 Å². The Morgan fingerprint density at radius 2 is 1.24 bits per heavy atom. The molecule has 34 heavy (non-hydrogen) atoms. The molecule has 0 aliphatic heterocycles. The third kappa shape index (κ3) is 2.72. The minimum Gasteiger partial charge on any atom is -0.469 e. The van der Waals surface area contributed by atoms with Crippen molar-refractivity contribution in [1.29, 1.82) is 0 Å². The molecule has 4 heteroatoms. The molecule has 1 aromatic rings.